The van der Waals surface area contributed by atoms with Gasteiger partial charge >= 0.3 is 0 Å². The van der Waals surface area contributed by atoms with Gasteiger partial charge in [0.1, 0.15) is 5.82 Å². The molecule has 2 aliphatic heterocycles. The van der Waals surface area contributed by atoms with E-state index in [1.54, 1.807) is 0 Å². The van der Waals surface area contributed by atoms with Gasteiger partial charge in [-0.2, -0.15) is 0 Å². The summed E-state index contributed by atoms with van der Waals surface area (Å²) in [7, 11) is 0. The van der Waals surface area contributed by atoms with Gasteiger partial charge in [0, 0.05) is 37.9 Å². The molecule has 5 heteroatoms. The number of aromatic amines is 1. The molecule has 3 rings (SSSR count). The van der Waals surface area contributed by atoms with Gasteiger partial charge < -0.3 is 9.88 Å². The average Bonchev–Trinajstić information content (AvgIpc) is 3.10. The number of carbonyl (C=O) groups excluding carboxylic acids is 1. The second-order valence-corrected chi connectivity index (χ2v) is 5.93. The highest BCUT2D eigenvalue weighted by molar-refractivity contribution is 5.77. The predicted molar refractivity (Wildman–Crippen MR) is 77.1 cm³/mol. The summed E-state index contributed by atoms with van der Waals surface area (Å²) in [4.78, 5) is 23.8. The van der Waals surface area contributed by atoms with E-state index in [9.17, 15) is 4.79 Å². The van der Waals surface area contributed by atoms with Gasteiger partial charge in [0.05, 0.1) is 6.54 Å². The zero-order valence-corrected chi connectivity index (χ0v) is 12.1. The first-order valence-corrected chi connectivity index (χ1v) is 7.83. The van der Waals surface area contributed by atoms with Crippen molar-refractivity contribution in [2.45, 2.75) is 51.1 Å². The molecule has 0 saturated carbocycles. The summed E-state index contributed by atoms with van der Waals surface area (Å²) in [5.41, 5.74) is 0. The van der Waals surface area contributed by atoms with Gasteiger partial charge in [-0.25, -0.2) is 4.98 Å². The Kier molecular flexibility index (Phi) is 4.35. The first kappa shape index (κ1) is 13.6. The van der Waals surface area contributed by atoms with Crippen molar-refractivity contribution in [2.75, 3.05) is 19.6 Å². The second kappa shape index (κ2) is 6.39. The fourth-order valence-electron chi connectivity index (χ4n) is 3.42. The SMILES string of the molecule is O=C1CCCN1CCC1CCCCN1Cc1ncc[nH]1. The van der Waals surface area contributed by atoms with Crippen molar-refractivity contribution in [3.05, 3.63) is 18.2 Å². The fourth-order valence-corrected chi connectivity index (χ4v) is 3.42. The van der Waals surface area contributed by atoms with Crippen LogP contribution >= 0.6 is 0 Å². The maximum absolute atomic E-state index is 11.7. The van der Waals surface area contributed by atoms with Crippen LogP contribution in [0, 0.1) is 0 Å². The normalized spacial score (nSPS) is 24.5. The number of piperidine rings is 1. The second-order valence-electron chi connectivity index (χ2n) is 5.93. The fraction of sp³-hybridized carbons (Fsp3) is 0.733. The summed E-state index contributed by atoms with van der Waals surface area (Å²) in [5.74, 6) is 1.40. The Hall–Kier alpha value is -1.36. The number of likely N-dealkylation sites (tertiary alicyclic amines) is 2. The molecule has 0 radical (unpaired) electrons. The lowest BCUT2D eigenvalue weighted by Gasteiger charge is -2.36. The van der Waals surface area contributed by atoms with Crippen LogP contribution in [-0.4, -0.2) is 51.4 Å². The minimum absolute atomic E-state index is 0.346. The van der Waals surface area contributed by atoms with Gasteiger partial charge in [0.15, 0.2) is 0 Å². The number of nitrogens with one attached hydrogen (secondary N) is 1. The lowest BCUT2D eigenvalue weighted by atomic mass is 9.99. The Morgan fingerprint density at radius 2 is 2.25 bits per heavy atom. The largest absolute Gasteiger partial charge is 0.348 e. The lowest BCUT2D eigenvalue weighted by molar-refractivity contribution is -0.127. The molecule has 1 N–H and O–H groups in total. The molecule has 0 spiro atoms. The minimum atomic E-state index is 0.346. The third-order valence-corrected chi connectivity index (χ3v) is 4.56. The molecule has 1 unspecified atom stereocenters. The van der Waals surface area contributed by atoms with Crippen LogP contribution in [0.2, 0.25) is 0 Å². The lowest BCUT2D eigenvalue weighted by Crippen LogP contribution is -2.41. The zero-order chi connectivity index (χ0) is 13.8. The number of hydrogen-bond donors (Lipinski definition) is 1. The highest BCUT2D eigenvalue weighted by Gasteiger charge is 2.26. The number of aromatic nitrogens is 2. The Balaban J connectivity index is 1.53. The van der Waals surface area contributed by atoms with Gasteiger partial charge in [-0.05, 0) is 32.2 Å². The highest BCUT2D eigenvalue weighted by Crippen LogP contribution is 2.22. The van der Waals surface area contributed by atoms with Gasteiger partial charge in [-0.15, -0.1) is 0 Å². The number of rotatable bonds is 5. The Bertz CT molecular complexity index is 431. The molecular formula is C15H24N4O. The van der Waals surface area contributed by atoms with E-state index < -0.39 is 0 Å². The van der Waals surface area contributed by atoms with Crippen molar-refractivity contribution < 1.29 is 4.79 Å². The third-order valence-electron chi connectivity index (χ3n) is 4.56. The molecule has 0 bridgehead atoms. The van der Waals surface area contributed by atoms with Crippen molar-refractivity contribution in [1.82, 2.24) is 19.8 Å². The predicted octanol–water partition coefficient (Wildman–Crippen LogP) is 1.78. The average molecular weight is 276 g/mol. The number of hydrogen-bond acceptors (Lipinski definition) is 3. The van der Waals surface area contributed by atoms with Crippen LogP contribution in [0.15, 0.2) is 12.4 Å². The maximum Gasteiger partial charge on any atom is 0.222 e. The summed E-state index contributed by atoms with van der Waals surface area (Å²) in [5, 5.41) is 0. The number of H-pyrrole nitrogens is 1. The van der Waals surface area contributed by atoms with Crippen molar-refractivity contribution in [2.24, 2.45) is 0 Å². The van der Waals surface area contributed by atoms with Crippen LogP contribution in [-0.2, 0) is 11.3 Å². The molecule has 3 heterocycles. The van der Waals surface area contributed by atoms with Crippen molar-refractivity contribution in [3.63, 3.8) is 0 Å². The minimum Gasteiger partial charge on any atom is -0.348 e. The topological polar surface area (TPSA) is 52.2 Å². The molecular weight excluding hydrogens is 252 g/mol. The number of nitrogens with zero attached hydrogens (tertiary/aromatic N) is 3. The van der Waals surface area contributed by atoms with E-state index in [1.807, 2.05) is 17.3 Å². The van der Waals surface area contributed by atoms with E-state index in [-0.39, 0.29) is 0 Å². The molecule has 0 aliphatic carbocycles. The van der Waals surface area contributed by atoms with E-state index in [0.717, 1.165) is 51.3 Å². The van der Waals surface area contributed by atoms with Crippen LogP contribution in [0.5, 0.6) is 0 Å². The van der Waals surface area contributed by atoms with Crippen LogP contribution in [0.25, 0.3) is 0 Å². The van der Waals surface area contributed by atoms with Crippen LogP contribution in [0.1, 0.15) is 44.3 Å². The summed E-state index contributed by atoms with van der Waals surface area (Å²) in [6, 6.07) is 0.599. The molecule has 2 aliphatic rings. The molecule has 2 fully saturated rings. The zero-order valence-electron chi connectivity index (χ0n) is 12.1. The first-order valence-electron chi connectivity index (χ1n) is 7.83. The van der Waals surface area contributed by atoms with Crippen molar-refractivity contribution in [1.29, 1.82) is 0 Å². The van der Waals surface area contributed by atoms with Gasteiger partial charge in [-0.3, -0.25) is 9.69 Å². The highest BCUT2D eigenvalue weighted by atomic mass is 16.2. The third kappa shape index (κ3) is 3.20. The van der Waals surface area contributed by atoms with Gasteiger partial charge in [0.25, 0.3) is 0 Å². The number of amides is 1. The Morgan fingerprint density at radius 3 is 3.00 bits per heavy atom. The molecule has 2 saturated heterocycles. The monoisotopic (exact) mass is 276 g/mol. The molecule has 20 heavy (non-hydrogen) atoms. The summed E-state index contributed by atoms with van der Waals surface area (Å²) < 4.78 is 0. The Labute approximate surface area is 120 Å². The van der Waals surface area contributed by atoms with Crippen molar-refractivity contribution >= 4 is 5.91 Å². The molecule has 1 aromatic rings. The maximum atomic E-state index is 11.7. The first-order chi connectivity index (χ1) is 9.83. The van der Waals surface area contributed by atoms with E-state index in [1.165, 1.54) is 19.3 Å². The van der Waals surface area contributed by atoms with Gasteiger partial charge in [0.2, 0.25) is 5.91 Å². The quantitative estimate of drug-likeness (QED) is 0.892. The van der Waals surface area contributed by atoms with E-state index in [4.69, 9.17) is 0 Å². The molecule has 1 aromatic heterocycles. The summed E-state index contributed by atoms with van der Waals surface area (Å²) in [6.07, 6.45) is 10.4. The smallest absolute Gasteiger partial charge is 0.222 e. The molecule has 0 aromatic carbocycles. The molecule has 110 valence electrons. The van der Waals surface area contributed by atoms with E-state index in [0.29, 0.717) is 11.9 Å². The summed E-state index contributed by atoms with van der Waals surface area (Å²) >= 11 is 0. The molecule has 1 amide bonds. The number of carbonyl (C=O) groups is 1. The van der Waals surface area contributed by atoms with Crippen LogP contribution in [0.3, 0.4) is 0 Å². The standard InChI is InChI=1S/C15H24N4O/c20-15-5-3-10-18(15)11-6-13-4-1-2-9-19(13)12-14-16-7-8-17-14/h7-8,13H,1-6,9-12H2,(H,16,17). The van der Waals surface area contributed by atoms with Crippen LogP contribution in [0.4, 0.5) is 0 Å². The van der Waals surface area contributed by atoms with E-state index >= 15 is 0 Å². The Morgan fingerprint density at radius 1 is 1.30 bits per heavy atom. The summed E-state index contributed by atoms with van der Waals surface area (Å²) in [6.45, 7) is 3.95. The molecule has 1 atom stereocenters. The number of imidazole rings is 1. The van der Waals surface area contributed by atoms with Gasteiger partial charge in [-0.1, -0.05) is 6.42 Å². The van der Waals surface area contributed by atoms with Crippen molar-refractivity contribution in [3.8, 4) is 0 Å². The van der Waals surface area contributed by atoms with E-state index in [2.05, 4.69) is 14.9 Å². The molecule has 5 nitrogen and oxygen atoms in total. The van der Waals surface area contributed by atoms with Crippen LogP contribution < -0.4 is 0 Å².